The minimum Gasteiger partial charge on any atom is -0.357 e. The predicted molar refractivity (Wildman–Crippen MR) is 113 cm³/mol. The lowest BCUT2D eigenvalue weighted by Gasteiger charge is -2.25. The van der Waals surface area contributed by atoms with Gasteiger partial charge in [-0.15, -0.1) is 0 Å². The van der Waals surface area contributed by atoms with Crippen LogP contribution in [0.15, 0.2) is 34.2 Å². The van der Waals surface area contributed by atoms with E-state index in [0.29, 0.717) is 30.6 Å². The van der Waals surface area contributed by atoms with Crippen LogP contribution >= 0.6 is 11.6 Å². The van der Waals surface area contributed by atoms with Crippen molar-refractivity contribution in [3.63, 3.8) is 0 Å². The van der Waals surface area contributed by atoms with Crippen molar-refractivity contribution in [1.29, 1.82) is 0 Å². The summed E-state index contributed by atoms with van der Waals surface area (Å²) in [5.74, 6) is 0.560. The summed E-state index contributed by atoms with van der Waals surface area (Å²) in [6.07, 6.45) is 0. The summed E-state index contributed by atoms with van der Waals surface area (Å²) in [5, 5.41) is 3.47. The van der Waals surface area contributed by atoms with Gasteiger partial charge >= 0.3 is 0 Å². The highest BCUT2D eigenvalue weighted by molar-refractivity contribution is 7.89. The van der Waals surface area contributed by atoms with E-state index in [1.807, 2.05) is 20.8 Å². The first kappa shape index (κ1) is 24.2. The second-order valence-corrected chi connectivity index (χ2v) is 8.22. The van der Waals surface area contributed by atoms with E-state index < -0.39 is 10.0 Å². The van der Waals surface area contributed by atoms with Gasteiger partial charge in [0, 0.05) is 38.2 Å². The van der Waals surface area contributed by atoms with Gasteiger partial charge in [-0.25, -0.2) is 13.1 Å². The van der Waals surface area contributed by atoms with E-state index in [0.717, 1.165) is 0 Å². The Kier molecular flexibility index (Phi) is 10.3. The number of benzene rings is 1. The minimum atomic E-state index is -3.65. The Hall–Kier alpha value is -1.84. The molecule has 1 amide bonds. The smallest absolute Gasteiger partial charge is 0.242 e. The Morgan fingerprint density at radius 1 is 1.21 bits per heavy atom. The SMILES string of the molecule is CCNC(=NCCNS(=O)(=O)c1cccc(Cl)c1)N(C)CC(=O)N(CC)CC. The first-order valence-corrected chi connectivity index (χ1v) is 11.1. The first-order chi connectivity index (χ1) is 13.2. The van der Waals surface area contributed by atoms with Crippen LogP contribution < -0.4 is 10.0 Å². The maximum absolute atomic E-state index is 12.3. The van der Waals surface area contributed by atoms with E-state index >= 15 is 0 Å². The van der Waals surface area contributed by atoms with Crippen molar-refractivity contribution in [2.45, 2.75) is 25.7 Å². The number of hydrogen-bond donors (Lipinski definition) is 2. The van der Waals surface area contributed by atoms with Crippen molar-refractivity contribution >= 4 is 33.5 Å². The molecule has 0 aliphatic carbocycles. The molecule has 0 unspecified atom stereocenters. The molecule has 1 aromatic carbocycles. The van der Waals surface area contributed by atoms with E-state index in [9.17, 15) is 13.2 Å². The van der Waals surface area contributed by atoms with E-state index in [1.165, 1.54) is 12.1 Å². The Balaban J connectivity index is 2.68. The number of hydrogen-bond acceptors (Lipinski definition) is 4. The molecule has 0 heterocycles. The second-order valence-electron chi connectivity index (χ2n) is 6.01. The molecule has 28 heavy (non-hydrogen) atoms. The number of carbonyl (C=O) groups is 1. The molecule has 0 radical (unpaired) electrons. The summed E-state index contributed by atoms with van der Waals surface area (Å²) >= 11 is 5.85. The molecule has 10 heteroatoms. The average molecular weight is 432 g/mol. The van der Waals surface area contributed by atoms with Gasteiger partial charge in [0.15, 0.2) is 5.96 Å². The zero-order chi connectivity index (χ0) is 21.2. The molecule has 0 spiro atoms. The predicted octanol–water partition coefficient (Wildman–Crippen LogP) is 1.38. The fourth-order valence-electron chi connectivity index (χ4n) is 2.48. The van der Waals surface area contributed by atoms with Gasteiger partial charge in [0.2, 0.25) is 15.9 Å². The summed E-state index contributed by atoms with van der Waals surface area (Å²) in [6, 6.07) is 6.07. The van der Waals surface area contributed by atoms with Crippen LogP contribution in [0, 0.1) is 0 Å². The molecule has 1 aromatic rings. The molecule has 0 bridgehead atoms. The summed E-state index contributed by atoms with van der Waals surface area (Å²) in [5.41, 5.74) is 0. The van der Waals surface area contributed by atoms with Crippen LogP contribution in [-0.4, -0.2) is 76.4 Å². The van der Waals surface area contributed by atoms with Crippen molar-refractivity contribution in [2.75, 3.05) is 46.3 Å². The minimum absolute atomic E-state index is 0.0137. The van der Waals surface area contributed by atoms with Crippen molar-refractivity contribution in [2.24, 2.45) is 4.99 Å². The van der Waals surface area contributed by atoms with Crippen molar-refractivity contribution < 1.29 is 13.2 Å². The molecule has 1 rings (SSSR count). The molecule has 8 nitrogen and oxygen atoms in total. The number of aliphatic imine (C=N–C) groups is 1. The number of nitrogens with zero attached hydrogens (tertiary/aromatic N) is 3. The summed E-state index contributed by atoms with van der Waals surface area (Å²) < 4.78 is 27.1. The summed E-state index contributed by atoms with van der Waals surface area (Å²) in [4.78, 5) is 20.3. The van der Waals surface area contributed by atoms with E-state index in [1.54, 1.807) is 29.0 Å². The number of carbonyl (C=O) groups excluding carboxylic acids is 1. The molecule has 0 saturated carbocycles. The van der Waals surface area contributed by atoms with Crippen LogP contribution in [0.5, 0.6) is 0 Å². The lowest BCUT2D eigenvalue weighted by Crippen LogP contribution is -2.46. The molecule has 0 aliphatic heterocycles. The van der Waals surface area contributed by atoms with Gasteiger partial charge < -0.3 is 15.1 Å². The maximum Gasteiger partial charge on any atom is 0.242 e. The standard InChI is InChI=1S/C18H30ClN5O3S/c1-5-20-18(23(4)14-17(25)24(6-2)7-3)21-11-12-22-28(26,27)16-10-8-9-15(19)13-16/h8-10,13,22H,5-7,11-12,14H2,1-4H3,(H,20,21). The quantitative estimate of drug-likeness (QED) is 0.331. The van der Waals surface area contributed by atoms with Crippen LogP contribution in [0.25, 0.3) is 0 Å². The van der Waals surface area contributed by atoms with Crippen LogP contribution in [-0.2, 0) is 14.8 Å². The zero-order valence-corrected chi connectivity index (χ0v) is 18.5. The summed E-state index contributed by atoms with van der Waals surface area (Å²) in [6.45, 7) is 8.30. The average Bonchev–Trinajstić information content (AvgIpc) is 2.65. The largest absolute Gasteiger partial charge is 0.357 e. The van der Waals surface area contributed by atoms with Gasteiger partial charge in [0.05, 0.1) is 18.0 Å². The highest BCUT2D eigenvalue weighted by Gasteiger charge is 2.16. The third-order valence-electron chi connectivity index (χ3n) is 3.96. The Morgan fingerprint density at radius 3 is 2.46 bits per heavy atom. The lowest BCUT2D eigenvalue weighted by atomic mass is 10.4. The molecule has 0 aliphatic rings. The monoisotopic (exact) mass is 431 g/mol. The third kappa shape index (κ3) is 7.65. The number of sulfonamides is 1. The Bertz CT molecular complexity index is 766. The van der Waals surface area contributed by atoms with Gasteiger partial charge in [0.1, 0.15) is 0 Å². The molecule has 2 N–H and O–H groups in total. The number of likely N-dealkylation sites (N-methyl/N-ethyl adjacent to an activating group) is 2. The summed E-state index contributed by atoms with van der Waals surface area (Å²) in [7, 11) is -1.87. The van der Waals surface area contributed by atoms with Crippen LogP contribution in [0.4, 0.5) is 0 Å². The molecule has 158 valence electrons. The molecule has 0 saturated heterocycles. The number of amides is 1. The van der Waals surface area contributed by atoms with Gasteiger partial charge in [-0.05, 0) is 39.0 Å². The second kappa shape index (κ2) is 11.9. The third-order valence-corrected chi connectivity index (χ3v) is 5.65. The molecule has 0 fully saturated rings. The normalized spacial score (nSPS) is 12.0. The van der Waals surface area contributed by atoms with E-state index in [-0.39, 0.29) is 30.4 Å². The van der Waals surface area contributed by atoms with E-state index in [2.05, 4.69) is 15.0 Å². The Morgan fingerprint density at radius 2 is 1.89 bits per heavy atom. The lowest BCUT2D eigenvalue weighted by molar-refractivity contribution is -0.131. The fourth-order valence-corrected chi connectivity index (χ4v) is 3.80. The first-order valence-electron chi connectivity index (χ1n) is 9.27. The van der Waals surface area contributed by atoms with Crippen LogP contribution in [0.1, 0.15) is 20.8 Å². The molecule has 0 atom stereocenters. The van der Waals surface area contributed by atoms with Crippen molar-refractivity contribution in [1.82, 2.24) is 19.8 Å². The van der Waals surface area contributed by atoms with Crippen LogP contribution in [0.3, 0.4) is 0 Å². The van der Waals surface area contributed by atoms with E-state index in [4.69, 9.17) is 11.6 Å². The topological polar surface area (TPSA) is 94.1 Å². The van der Waals surface area contributed by atoms with Gasteiger partial charge in [-0.3, -0.25) is 9.79 Å². The number of nitrogens with one attached hydrogen (secondary N) is 2. The highest BCUT2D eigenvalue weighted by atomic mass is 35.5. The molecular weight excluding hydrogens is 402 g/mol. The number of guanidine groups is 1. The molecular formula is C18H30ClN5O3S. The van der Waals surface area contributed by atoms with Gasteiger partial charge in [-0.1, -0.05) is 17.7 Å². The number of rotatable bonds is 10. The number of halogens is 1. The van der Waals surface area contributed by atoms with Crippen molar-refractivity contribution in [3.05, 3.63) is 29.3 Å². The van der Waals surface area contributed by atoms with Crippen molar-refractivity contribution in [3.8, 4) is 0 Å². The van der Waals surface area contributed by atoms with Gasteiger partial charge in [-0.2, -0.15) is 0 Å². The Labute approximate surface area is 173 Å². The van der Waals surface area contributed by atoms with Gasteiger partial charge in [0.25, 0.3) is 0 Å². The maximum atomic E-state index is 12.3. The molecule has 0 aromatic heterocycles. The highest BCUT2D eigenvalue weighted by Crippen LogP contribution is 2.14. The zero-order valence-electron chi connectivity index (χ0n) is 16.9. The van der Waals surface area contributed by atoms with Crippen LogP contribution in [0.2, 0.25) is 5.02 Å². The fraction of sp³-hybridized carbons (Fsp3) is 0.556.